The van der Waals surface area contributed by atoms with Gasteiger partial charge in [0.1, 0.15) is 12.1 Å². The number of nitrogens with one attached hydrogen (secondary N) is 2. The summed E-state index contributed by atoms with van der Waals surface area (Å²) in [5.41, 5.74) is 2.09. The van der Waals surface area contributed by atoms with Crippen molar-refractivity contribution in [1.82, 2.24) is 25.1 Å². The predicted octanol–water partition coefficient (Wildman–Crippen LogP) is 6.83. The molecule has 10 nitrogen and oxygen atoms in total. The monoisotopic (exact) mass is 575 g/mol. The van der Waals surface area contributed by atoms with Crippen molar-refractivity contribution in [3.8, 4) is 34.1 Å². The van der Waals surface area contributed by atoms with Gasteiger partial charge in [0.15, 0.2) is 11.5 Å². The van der Waals surface area contributed by atoms with Gasteiger partial charge in [-0.05, 0) is 71.0 Å². The molecule has 0 spiro atoms. The number of amides is 2. The summed E-state index contributed by atoms with van der Waals surface area (Å²) in [6.45, 7) is 0. The van der Waals surface area contributed by atoms with Gasteiger partial charge in [-0.15, -0.1) is 18.3 Å². The Bertz CT molecular complexity index is 1600. The zero-order valence-corrected chi connectivity index (χ0v) is 20.8. The van der Waals surface area contributed by atoms with Crippen LogP contribution in [0.3, 0.4) is 0 Å². The summed E-state index contributed by atoms with van der Waals surface area (Å²) in [6.07, 6.45) is -3.35. The van der Waals surface area contributed by atoms with Crippen molar-refractivity contribution in [2.75, 3.05) is 10.6 Å². The maximum absolute atomic E-state index is 12.6. The highest BCUT2D eigenvalue weighted by Crippen LogP contribution is 2.36. The number of urea groups is 1. The Morgan fingerprint density at radius 2 is 1.62 bits per heavy atom. The van der Waals surface area contributed by atoms with Gasteiger partial charge in [-0.3, -0.25) is 5.32 Å². The first-order valence-electron chi connectivity index (χ1n) is 10.9. The zero-order valence-electron chi connectivity index (χ0n) is 19.3. The smallest absolute Gasteiger partial charge is 0.406 e. The molecule has 0 unspecified atom stereocenters. The number of carbonyl (C=O) groups excluding carboxylic acids is 1. The van der Waals surface area contributed by atoms with Gasteiger partial charge in [0.2, 0.25) is 5.82 Å². The Balaban J connectivity index is 1.24. The van der Waals surface area contributed by atoms with E-state index in [0.717, 1.165) is 0 Å². The summed E-state index contributed by atoms with van der Waals surface area (Å²) < 4.78 is 47.1. The predicted molar refractivity (Wildman–Crippen MR) is 136 cm³/mol. The minimum absolute atomic E-state index is 0.0202. The number of nitrogens with zero attached hydrogens (tertiary/aromatic N) is 5. The van der Waals surface area contributed by atoms with Crippen LogP contribution in [0, 0.1) is 0 Å². The summed E-state index contributed by atoms with van der Waals surface area (Å²) in [5, 5.41) is 17.7. The Hall–Kier alpha value is -4.62. The Kier molecular flexibility index (Phi) is 7.09. The molecular weight excluding hydrogens is 562 g/mol. The second-order valence-corrected chi connectivity index (χ2v) is 8.58. The van der Waals surface area contributed by atoms with E-state index >= 15 is 0 Å². The average molecular weight is 576 g/mol. The van der Waals surface area contributed by atoms with E-state index in [1.54, 1.807) is 42.5 Å². The van der Waals surface area contributed by atoms with Crippen LogP contribution in [-0.4, -0.2) is 37.5 Å². The lowest BCUT2D eigenvalue weighted by Gasteiger charge is -2.09. The lowest BCUT2D eigenvalue weighted by molar-refractivity contribution is -0.274. The highest BCUT2D eigenvalue weighted by molar-refractivity contribution is 6.39. The summed E-state index contributed by atoms with van der Waals surface area (Å²) >= 11 is 12.4. The first-order valence-corrected chi connectivity index (χ1v) is 11.6. The number of alkyl halides is 3. The van der Waals surface area contributed by atoms with Crippen LogP contribution in [0.4, 0.5) is 29.5 Å². The van der Waals surface area contributed by atoms with Crippen molar-refractivity contribution in [1.29, 1.82) is 0 Å². The minimum Gasteiger partial charge on any atom is -0.406 e. The van der Waals surface area contributed by atoms with Gasteiger partial charge in [-0.1, -0.05) is 29.3 Å². The topological polar surface area (TPSA) is 120 Å². The largest absolute Gasteiger partial charge is 0.573 e. The van der Waals surface area contributed by atoms with Crippen LogP contribution in [0.5, 0.6) is 5.75 Å². The average Bonchev–Trinajstić information content (AvgIpc) is 3.54. The molecule has 2 N–H and O–H groups in total. The van der Waals surface area contributed by atoms with Gasteiger partial charge in [0, 0.05) is 16.8 Å². The van der Waals surface area contributed by atoms with Crippen molar-refractivity contribution in [2.24, 2.45) is 0 Å². The molecule has 2 heterocycles. The lowest BCUT2D eigenvalue weighted by Crippen LogP contribution is -2.20. The van der Waals surface area contributed by atoms with E-state index in [2.05, 4.69) is 35.8 Å². The van der Waals surface area contributed by atoms with Crippen LogP contribution >= 0.6 is 23.2 Å². The van der Waals surface area contributed by atoms with Crippen LogP contribution in [0.1, 0.15) is 0 Å². The number of hydrogen-bond acceptors (Lipinski definition) is 7. The molecule has 0 aliphatic carbocycles. The first kappa shape index (κ1) is 26.0. The number of carbonyl (C=O) groups is 1. The van der Waals surface area contributed by atoms with Gasteiger partial charge in [-0.25, -0.2) is 19.1 Å². The quantitative estimate of drug-likeness (QED) is 0.227. The molecule has 0 saturated carbocycles. The first-order chi connectivity index (χ1) is 18.7. The molecule has 2 aromatic heterocycles. The normalized spacial score (nSPS) is 11.3. The third-order valence-corrected chi connectivity index (χ3v) is 5.78. The lowest BCUT2D eigenvalue weighted by atomic mass is 10.1. The van der Waals surface area contributed by atoms with Gasteiger partial charge in [0.05, 0.1) is 15.7 Å². The molecule has 198 valence electrons. The van der Waals surface area contributed by atoms with Crippen LogP contribution in [0.25, 0.3) is 28.3 Å². The second-order valence-electron chi connectivity index (χ2n) is 7.77. The fraction of sp³-hybridized carbons (Fsp3) is 0.0417. The summed E-state index contributed by atoms with van der Waals surface area (Å²) in [7, 11) is 0. The summed E-state index contributed by atoms with van der Waals surface area (Å²) in [5.74, 6) is 0.0332. The standard InChI is InChI=1S/C24H14Cl2F3N7O3/c25-17-2-1-3-18(26)19(17)20-22(35-39-34-20)32-23(37)31-14-6-4-13(5-7-14)21-30-12-36(33-21)15-8-10-16(11-9-15)38-24(27,28)29/h1-12H,(H2,31,32,35,37). The molecule has 3 aromatic carbocycles. The molecule has 5 aromatic rings. The third kappa shape index (κ3) is 6.10. The molecule has 0 aliphatic heterocycles. The van der Waals surface area contributed by atoms with Crippen molar-refractivity contribution >= 4 is 40.7 Å². The highest BCUT2D eigenvalue weighted by Gasteiger charge is 2.31. The van der Waals surface area contributed by atoms with E-state index in [4.69, 9.17) is 27.8 Å². The number of halogens is 5. The van der Waals surface area contributed by atoms with Crippen molar-refractivity contribution in [2.45, 2.75) is 6.36 Å². The SMILES string of the molecule is O=C(Nc1ccc(-c2ncn(-c3ccc(OC(F)(F)F)cc3)n2)cc1)Nc1nonc1-c1c(Cl)cccc1Cl. The number of hydrogen-bond donors (Lipinski definition) is 2. The Morgan fingerprint density at radius 1 is 0.923 bits per heavy atom. The molecule has 0 saturated heterocycles. The molecule has 0 radical (unpaired) electrons. The van der Waals surface area contributed by atoms with E-state index in [1.807, 2.05) is 0 Å². The van der Waals surface area contributed by atoms with Gasteiger partial charge >= 0.3 is 12.4 Å². The molecule has 0 atom stereocenters. The molecule has 5 rings (SSSR count). The van der Waals surface area contributed by atoms with Gasteiger partial charge in [0.25, 0.3) is 0 Å². The van der Waals surface area contributed by atoms with Crippen molar-refractivity contribution in [3.05, 3.63) is 83.1 Å². The van der Waals surface area contributed by atoms with E-state index in [-0.39, 0.29) is 17.3 Å². The third-order valence-electron chi connectivity index (χ3n) is 5.15. The van der Waals surface area contributed by atoms with E-state index in [1.165, 1.54) is 35.3 Å². The van der Waals surface area contributed by atoms with Crippen LogP contribution in [-0.2, 0) is 0 Å². The molecule has 2 amide bonds. The van der Waals surface area contributed by atoms with Crippen molar-refractivity contribution in [3.63, 3.8) is 0 Å². The van der Waals surface area contributed by atoms with E-state index in [9.17, 15) is 18.0 Å². The number of ether oxygens (including phenoxy) is 1. The number of rotatable bonds is 6. The minimum atomic E-state index is -4.77. The molecule has 0 aliphatic rings. The molecule has 0 fully saturated rings. The fourth-order valence-electron chi connectivity index (χ4n) is 3.45. The summed E-state index contributed by atoms with van der Waals surface area (Å²) in [4.78, 5) is 16.8. The molecular formula is C24H14Cl2F3N7O3. The van der Waals surface area contributed by atoms with Crippen molar-refractivity contribution < 1.29 is 27.3 Å². The summed E-state index contributed by atoms with van der Waals surface area (Å²) in [6, 6.07) is 16.1. The van der Waals surface area contributed by atoms with Crippen LogP contribution in [0.15, 0.2) is 77.7 Å². The maximum atomic E-state index is 12.6. The Morgan fingerprint density at radius 3 is 2.28 bits per heavy atom. The maximum Gasteiger partial charge on any atom is 0.573 e. The van der Waals surface area contributed by atoms with Gasteiger partial charge < -0.3 is 10.1 Å². The van der Waals surface area contributed by atoms with E-state index in [0.29, 0.717) is 38.4 Å². The molecule has 15 heteroatoms. The number of anilines is 2. The highest BCUT2D eigenvalue weighted by atomic mass is 35.5. The van der Waals surface area contributed by atoms with E-state index < -0.39 is 12.4 Å². The van der Waals surface area contributed by atoms with Gasteiger partial charge in [-0.2, -0.15) is 0 Å². The van der Waals surface area contributed by atoms with Crippen LogP contribution in [0.2, 0.25) is 10.0 Å². The number of aromatic nitrogens is 5. The zero-order chi connectivity index (χ0) is 27.6. The number of benzene rings is 3. The molecule has 39 heavy (non-hydrogen) atoms. The molecule has 0 bridgehead atoms. The second kappa shape index (κ2) is 10.6. The fourth-order valence-corrected chi connectivity index (χ4v) is 4.03. The van der Waals surface area contributed by atoms with Crippen LogP contribution < -0.4 is 15.4 Å². The Labute approximate surface area is 227 Å².